The average molecular weight is 236 g/mol. The number of nitrogen functional groups attached to an aromatic ring is 1. The lowest BCUT2D eigenvalue weighted by Crippen LogP contribution is -2.04. The van der Waals surface area contributed by atoms with E-state index in [1.807, 2.05) is 0 Å². The van der Waals surface area contributed by atoms with Crippen LogP contribution in [0.25, 0.3) is 0 Å². The van der Waals surface area contributed by atoms with Crippen molar-refractivity contribution < 1.29 is 9.21 Å². The molecule has 0 fully saturated rings. The first-order chi connectivity index (χ1) is 7.59. The van der Waals surface area contributed by atoms with Crippen molar-refractivity contribution in [2.24, 2.45) is 0 Å². The highest BCUT2D eigenvalue weighted by Gasteiger charge is 2.16. The van der Waals surface area contributed by atoms with Gasteiger partial charge in [0.05, 0.1) is 16.3 Å². The Morgan fingerprint density at radius 1 is 1.31 bits per heavy atom. The molecule has 0 atom stereocenters. The van der Waals surface area contributed by atoms with Crippen molar-refractivity contribution in [3.63, 3.8) is 0 Å². The van der Waals surface area contributed by atoms with Crippen LogP contribution >= 0.6 is 11.6 Å². The molecule has 0 radical (unpaired) electrons. The van der Waals surface area contributed by atoms with Crippen molar-refractivity contribution in [2.45, 2.75) is 6.92 Å². The lowest BCUT2D eigenvalue weighted by molar-refractivity contribution is 0.101. The van der Waals surface area contributed by atoms with Crippen LogP contribution in [0.3, 0.4) is 0 Å². The Bertz CT molecular complexity index is 546. The largest absolute Gasteiger partial charge is 0.458 e. The maximum Gasteiger partial charge on any atom is 0.230 e. The van der Waals surface area contributed by atoms with Crippen molar-refractivity contribution >= 4 is 23.1 Å². The number of anilines is 1. The van der Waals surface area contributed by atoms with Gasteiger partial charge in [0.1, 0.15) is 5.76 Å². The molecule has 82 valence electrons. The Labute approximate surface area is 97.8 Å². The number of halogens is 1. The van der Waals surface area contributed by atoms with E-state index in [2.05, 4.69) is 0 Å². The normalized spacial score (nSPS) is 10.4. The molecule has 1 aromatic heterocycles. The molecule has 2 aromatic rings. The molecule has 1 heterocycles. The summed E-state index contributed by atoms with van der Waals surface area (Å²) in [7, 11) is 0. The van der Waals surface area contributed by atoms with Gasteiger partial charge in [0.25, 0.3) is 0 Å². The molecule has 0 aliphatic rings. The molecule has 0 aliphatic heterocycles. The topological polar surface area (TPSA) is 56.2 Å². The van der Waals surface area contributed by atoms with Gasteiger partial charge >= 0.3 is 0 Å². The molecule has 0 spiro atoms. The third-order valence-electron chi connectivity index (χ3n) is 2.26. The maximum absolute atomic E-state index is 12.0. The van der Waals surface area contributed by atoms with Gasteiger partial charge in [-0.25, -0.2) is 0 Å². The minimum Gasteiger partial charge on any atom is -0.458 e. The second-order valence-corrected chi connectivity index (χ2v) is 3.85. The molecule has 0 saturated heterocycles. The van der Waals surface area contributed by atoms with Crippen LogP contribution in [0.2, 0.25) is 5.02 Å². The summed E-state index contributed by atoms with van der Waals surface area (Å²) in [6.45, 7) is 1.78. The first kappa shape index (κ1) is 10.8. The van der Waals surface area contributed by atoms with E-state index in [1.165, 1.54) is 0 Å². The Morgan fingerprint density at radius 3 is 2.69 bits per heavy atom. The van der Waals surface area contributed by atoms with Crippen molar-refractivity contribution in [1.29, 1.82) is 0 Å². The van der Waals surface area contributed by atoms with E-state index in [1.54, 1.807) is 37.3 Å². The molecule has 2 rings (SSSR count). The number of ketones is 1. The summed E-state index contributed by atoms with van der Waals surface area (Å²) >= 11 is 5.84. The zero-order valence-corrected chi connectivity index (χ0v) is 9.41. The number of hydrogen-bond donors (Lipinski definition) is 1. The molecule has 3 nitrogen and oxygen atoms in total. The van der Waals surface area contributed by atoms with E-state index in [0.717, 1.165) is 0 Å². The van der Waals surface area contributed by atoms with Crippen LogP contribution in [-0.4, -0.2) is 5.78 Å². The fourth-order valence-corrected chi connectivity index (χ4v) is 1.60. The van der Waals surface area contributed by atoms with Crippen molar-refractivity contribution in [1.82, 2.24) is 0 Å². The Morgan fingerprint density at radius 2 is 2.06 bits per heavy atom. The van der Waals surface area contributed by atoms with Gasteiger partial charge in [0.15, 0.2) is 5.76 Å². The average Bonchev–Trinajstić information content (AvgIpc) is 2.68. The second-order valence-electron chi connectivity index (χ2n) is 3.44. The second kappa shape index (κ2) is 4.02. The number of benzene rings is 1. The van der Waals surface area contributed by atoms with Crippen molar-refractivity contribution in [2.75, 3.05) is 5.73 Å². The van der Waals surface area contributed by atoms with Gasteiger partial charge in [-0.05, 0) is 31.2 Å². The van der Waals surface area contributed by atoms with Crippen molar-refractivity contribution in [3.05, 3.63) is 52.4 Å². The van der Waals surface area contributed by atoms with Crippen LogP contribution in [0.4, 0.5) is 5.69 Å². The third kappa shape index (κ3) is 1.82. The fraction of sp³-hybridized carbons (Fsp3) is 0.0833. The highest BCUT2D eigenvalue weighted by molar-refractivity contribution is 6.34. The number of carbonyl (C=O) groups is 1. The van der Waals surface area contributed by atoms with E-state index in [0.29, 0.717) is 16.3 Å². The summed E-state index contributed by atoms with van der Waals surface area (Å²) in [5, 5.41) is 0.370. The van der Waals surface area contributed by atoms with Crippen LogP contribution in [-0.2, 0) is 0 Å². The minimum atomic E-state index is -0.256. The molecule has 0 unspecified atom stereocenters. The smallest absolute Gasteiger partial charge is 0.230 e. The number of carbonyl (C=O) groups excluding carboxylic acids is 1. The van der Waals surface area contributed by atoms with Gasteiger partial charge in [-0.2, -0.15) is 0 Å². The van der Waals surface area contributed by atoms with Gasteiger partial charge in [0.2, 0.25) is 5.78 Å². The van der Waals surface area contributed by atoms with Gasteiger partial charge < -0.3 is 10.2 Å². The zero-order chi connectivity index (χ0) is 11.7. The first-order valence-corrected chi connectivity index (χ1v) is 5.12. The highest BCUT2D eigenvalue weighted by Crippen LogP contribution is 2.25. The SMILES string of the molecule is Cc1ccc(C(=O)c2cccc(Cl)c2N)o1. The Hall–Kier alpha value is -1.74. The fourth-order valence-electron chi connectivity index (χ4n) is 1.42. The van der Waals surface area contributed by atoms with Crippen LogP contribution in [0.5, 0.6) is 0 Å². The molecular weight excluding hydrogens is 226 g/mol. The molecule has 0 bridgehead atoms. The summed E-state index contributed by atoms with van der Waals surface area (Å²) in [5.41, 5.74) is 6.38. The summed E-state index contributed by atoms with van der Waals surface area (Å²) in [5.74, 6) is 0.698. The Kier molecular flexibility index (Phi) is 2.71. The summed E-state index contributed by atoms with van der Waals surface area (Å²) in [6.07, 6.45) is 0. The molecule has 4 heteroatoms. The van der Waals surface area contributed by atoms with E-state index in [9.17, 15) is 4.79 Å². The number of hydrogen-bond acceptors (Lipinski definition) is 3. The number of aryl methyl sites for hydroxylation is 1. The molecule has 2 N–H and O–H groups in total. The quantitative estimate of drug-likeness (QED) is 0.643. The maximum atomic E-state index is 12.0. The monoisotopic (exact) mass is 235 g/mol. The first-order valence-electron chi connectivity index (χ1n) is 4.74. The molecule has 0 aliphatic carbocycles. The zero-order valence-electron chi connectivity index (χ0n) is 8.66. The van der Waals surface area contributed by atoms with Crippen molar-refractivity contribution in [3.8, 4) is 0 Å². The van der Waals surface area contributed by atoms with Crippen LogP contribution in [0, 0.1) is 6.92 Å². The minimum absolute atomic E-state index is 0.256. The number of para-hydroxylation sites is 1. The van der Waals surface area contributed by atoms with Gasteiger partial charge in [0, 0.05) is 0 Å². The summed E-state index contributed by atoms with van der Waals surface area (Å²) in [4.78, 5) is 12.0. The number of furan rings is 1. The van der Waals surface area contributed by atoms with Gasteiger partial charge in [-0.15, -0.1) is 0 Å². The standard InChI is InChI=1S/C12H10ClNO2/c1-7-5-6-10(16-7)12(15)8-3-2-4-9(13)11(8)14/h2-6H,14H2,1H3. The van der Waals surface area contributed by atoms with Gasteiger partial charge in [-0.1, -0.05) is 17.7 Å². The molecule has 1 aromatic carbocycles. The summed E-state index contributed by atoms with van der Waals surface area (Å²) in [6, 6.07) is 8.30. The molecule has 16 heavy (non-hydrogen) atoms. The summed E-state index contributed by atoms with van der Waals surface area (Å²) < 4.78 is 5.25. The predicted octanol–water partition coefficient (Wildman–Crippen LogP) is 3.05. The van der Waals surface area contributed by atoms with E-state index >= 15 is 0 Å². The lowest BCUT2D eigenvalue weighted by atomic mass is 10.1. The van der Waals surface area contributed by atoms with E-state index < -0.39 is 0 Å². The Balaban J connectivity index is 2.45. The van der Waals surface area contributed by atoms with Crippen LogP contribution in [0.1, 0.15) is 21.9 Å². The van der Waals surface area contributed by atoms with Crippen LogP contribution in [0.15, 0.2) is 34.7 Å². The van der Waals surface area contributed by atoms with Gasteiger partial charge in [-0.3, -0.25) is 4.79 Å². The van der Waals surface area contributed by atoms with E-state index in [4.69, 9.17) is 21.8 Å². The number of rotatable bonds is 2. The van der Waals surface area contributed by atoms with Crippen LogP contribution < -0.4 is 5.73 Å². The molecule has 0 amide bonds. The highest BCUT2D eigenvalue weighted by atomic mass is 35.5. The number of nitrogens with two attached hydrogens (primary N) is 1. The molecular formula is C12H10ClNO2. The lowest BCUT2D eigenvalue weighted by Gasteiger charge is -2.03. The molecule has 0 saturated carbocycles. The third-order valence-corrected chi connectivity index (χ3v) is 2.59. The van der Waals surface area contributed by atoms with E-state index in [-0.39, 0.29) is 17.2 Å². The predicted molar refractivity (Wildman–Crippen MR) is 62.7 cm³/mol.